The Morgan fingerprint density at radius 3 is 2.47 bits per heavy atom. The molecule has 2 atom stereocenters. The Kier molecular flexibility index (Phi) is 2.87. The second-order valence-corrected chi connectivity index (χ2v) is 5.42. The zero-order valence-corrected chi connectivity index (χ0v) is 9.76. The van der Waals surface area contributed by atoms with Gasteiger partial charge in [0.05, 0.1) is 0 Å². The van der Waals surface area contributed by atoms with E-state index in [0.717, 1.165) is 25.3 Å². The second-order valence-electron chi connectivity index (χ2n) is 5.42. The molecule has 2 unspecified atom stereocenters. The average molecular weight is 237 g/mol. The van der Waals surface area contributed by atoms with E-state index in [9.17, 15) is 8.78 Å². The van der Waals surface area contributed by atoms with Crippen molar-refractivity contribution in [1.29, 1.82) is 0 Å². The smallest absolute Gasteiger partial charge is 0.129 e. The molecule has 0 aromatic heterocycles. The quantitative estimate of drug-likeness (QED) is 0.833. The first-order chi connectivity index (χ1) is 8.20. The minimum absolute atomic E-state index is 0.393. The Balaban J connectivity index is 1.70. The fourth-order valence-corrected chi connectivity index (χ4v) is 3.34. The Morgan fingerprint density at radius 1 is 1.12 bits per heavy atom. The van der Waals surface area contributed by atoms with Gasteiger partial charge in [-0.1, -0.05) is 6.07 Å². The van der Waals surface area contributed by atoms with Crippen molar-refractivity contribution in [2.45, 2.75) is 44.2 Å². The fourth-order valence-electron chi connectivity index (χ4n) is 3.34. The highest BCUT2D eigenvalue weighted by Gasteiger charge is 2.33. The van der Waals surface area contributed by atoms with Crippen LogP contribution in [-0.4, -0.2) is 12.1 Å². The molecule has 0 spiro atoms. The van der Waals surface area contributed by atoms with Crippen LogP contribution < -0.4 is 5.32 Å². The number of hydrogen-bond acceptors (Lipinski definition) is 1. The highest BCUT2D eigenvalue weighted by atomic mass is 19.1. The zero-order valence-electron chi connectivity index (χ0n) is 9.76. The van der Waals surface area contributed by atoms with Crippen molar-refractivity contribution in [3.63, 3.8) is 0 Å². The van der Waals surface area contributed by atoms with E-state index in [1.165, 1.54) is 18.9 Å². The highest BCUT2D eigenvalue weighted by Crippen LogP contribution is 2.33. The molecule has 3 rings (SSSR count). The predicted molar refractivity (Wildman–Crippen MR) is 62.7 cm³/mol. The monoisotopic (exact) mass is 237 g/mol. The first-order valence-electron chi connectivity index (χ1n) is 6.40. The van der Waals surface area contributed by atoms with Crippen molar-refractivity contribution >= 4 is 0 Å². The molecular weight excluding hydrogens is 220 g/mol. The minimum atomic E-state index is -0.489. The second kappa shape index (κ2) is 4.37. The number of rotatable bonds is 2. The topological polar surface area (TPSA) is 12.0 Å². The Labute approximate surface area is 100 Å². The fraction of sp³-hybridized carbons (Fsp3) is 0.571. The zero-order chi connectivity index (χ0) is 11.8. The van der Waals surface area contributed by atoms with Crippen molar-refractivity contribution < 1.29 is 8.78 Å². The molecular formula is C14H17F2N. The van der Waals surface area contributed by atoms with Crippen molar-refractivity contribution in [3.05, 3.63) is 35.4 Å². The molecule has 17 heavy (non-hydrogen) atoms. The molecule has 1 aromatic rings. The van der Waals surface area contributed by atoms with E-state index in [1.54, 1.807) is 6.07 Å². The van der Waals surface area contributed by atoms with Gasteiger partial charge in [0.2, 0.25) is 0 Å². The minimum Gasteiger partial charge on any atom is -0.311 e. The number of benzene rings is 1. The third-order valence-electron chi connectivity index (χ3n) is 4.09. The molecule has 2 aliphatic rings. The average Bonchev–Trinajstić information content (AvgIpc) is 2.62. The predicted octanol–water partition coefficient (Wildman–Crippen LogP) is 3.04. The van der Waals surface area contributed by atoms with Gasteiger partial charge in [-0.2, -0.15) is 0 Å². The molecule has 0 saturated carbocycles. The Bertz CT molecular complexity index is 407. The molecule has 0 amide bonds. The van der Waals surface area contributed by atoms with Crippen molar-refractivity contribution in [3.8, 4) is 0 Å². The van der Waals surface area contributed by atoms with Crippen LogP contribution in [-0.2, 0) is 6.42 Å². The first kappa shape index (κ1) is 11.1. The van der Waals surface area contributed by atoms with Gasteiger partial charge in [0.25, 0.3) is 0 Å². The van der Waals surface area contributed by atoms with Crippen LogP contribution in [0.5, 0.6) is 0 Å². The summed E-state index contributed by atoms with van der Waals surface area (Å²) in [5, 5.41) is 3.58. The molecule has 92 valence electrons. The number of fused-ring (bicyclic) bond motifs is 2. The molecule has 2 aliphatic heterocycles. The summed E-state index contributed by atoms with van der Waals surface area (Å²) in [6.45, 7) is 0. The number of halogens is 2. The molecule has 2 bridgehead atoms. The van der Waals surface area contributed by atoms with E-state index in [0.29, 0.717) is 23.6 Å². The standard InChI is InChI=1S/C14H17F2N/c15-11-2-1-10(14(16)8-11)5-9-6-12-3-4-13(7-9)17-12/h1-2,8-9,12-13,17H,3-7H2. The van der Waals surface area contributed by atoms with Gasteiger partial charge in [-0.15, -0.1) is 0 Å². The van der Waals surface area contributed by atoms with E-state index in [1.807, 2.05) is 0 Å². The number of hydrogen-bond donors (Lipinski definition) is 1. The van der Waals surface area contributed by atoms with E-state index in [4.69, 9.17) is 0 Å². The highest BCUT2D eigenvalue weighted by molar-refractivity contribution is 5.19. The summed E-state index contributed by atoms with van der Waals surface area (Å²) >= 11 is 0. The lowest BCUT2D eigenvalue weighted by atomic mass is 9.87. The first-order valence-corrected chi connectivity index (χ1v) is 6.40. The summed E-state index contributed by atoms with van der Waals surface area (Å²) in [5.74, 6) is -0.332. The van der Waals surface area contributed by atoms with E-state index in [-0.39, 0.29) is 0 Å². The normalized spacial score (nSPS) is 31.8. The van der Waals surface area contributed by atoms with Crippen LogP contribution in [0.2, 0.25) is 0 Å². The Morgan fingerprint density at radius 2 is 1.82 bits per heavy atom. The largest absolute Gasteiger partial charge is 0.311 e. The summed E-state index contributed by atoms with van der Waals surface area (Å²) in [4.78, 5) is 0. The molecule has 0 aliphatic carbocycles. The molecule has 1 N–H and O–H groups in total. The van der Waals surface area contributed by atoms with E-state index < -0.39 is 11.6 Å². The maximum atomic E-state index is 13.6. The number of piperidine rings is 1. The van der Waals surface area contributed by atoms with Gasteiger partial charge in [-0.3, -0.25) is 0 Å². The third kappa shape index (κ3) is 2.34. The summed E-state index contributed by atoms with van der Waals surface area (Å²) < 4.78 is 26.4. The van der Waals surface area contributed by atoms with Crippen LogP contribution in [0.15, 0.2) is 18.2 Å². The summed E-state index contributed by atoms with van der Waals surface area (Å²) in [5.41, 5.74) is 0.665. The lowest BCUT2D eigenvalue weighted by Gasteiger charge is -2.29. The lowest BCUT2D eigenvalue weighted by molar-refractivity contribution is 0.296. The maximum absolute atomic E-state index is 13.6. The van der Waals surface area contributed by atoms with Crippen molar-refractivity contribution in [1.82, 2.24) is 5.32 Å². The summed E-state index contributed by atoms with van der Waals surface area (Å²) in [7, 11) is 0. The van der Waals surface area contributed by atoms with E-state index in [2.05, 4.69) is 5.32 Å². The van der Waals surface area contributed by atoms with Crippen LogP contribution in [0, 0.1) is 17.6 Å². The van der Waals surface area contributed by atoms with E-state index >= 15 is 0 Å². The summed E-state index contributed by atoms with van der Waals surface area (Å²) in [6.07, 6.45) is 5.53. The summed E-state index contributed by atoms with van der Waals surface area (Å²) in [6, 6.07) is 5.19. The van der Waals surface area contributed by atoms with Crippen LogP contribution in [0.1, 0.15) is 31.2 Å². The van der Waals surface area contributed by atoms with Crippen LogP contribution >= 0.6 is 0 Å². The maximum Gasteiger partial charge on any atom is 0.129 e. The van der Waals surface area contributed by atoms with Crippen LogP contribution in [0.25, 0.3) is 0 Å². The Hall–Kier alpha value is -0.960. The molecule has 1 nitrogen and oxygen atoms in total. The number of nitrogens with one attached hydrogen (secondary N) is 1. The SMILES string of the molecule is Fc1ccc(CC2CC3CCC(C2)N3)c(F)c1. The van der Waals surface area contributed by atoms with Gasteiger partial charge in [0, 0.05) is 18.2 Å². The van der Waals surface area contributed by atoms with Gasteiger partial charge in [0.15, 0.2) is 0 Å². The van der Waals surface area contributed by atoms with Gasteiger partial charge in [-0.05, 0) is 49.7 Å². The van der Waals surface area contributed by atoms with Gasteiger partial charge < -0.3 is 5.32 Å². The third-order valence-corrected chi connectivity index (χ3v) is 4.09. The van der Waals surface area contributed by atoms with Gasteiger partial charge >= 0.3 is 0 Å². The molecule has 1 aromatic carbocycles. The molecule has 2 heterocycles. The molecule has 0 radical (unpaired) electrons. The molecule has 2 fully saturated rings. The molecule has 3 heteroatoms. The molecule has 2 saturated heterocycles. The van der Waals surface area contributed by atoms with Crippen LogP contribution in [0.4, 0.5) is 8.78 Å². The van der Waals surface area contributed by atoms with Gasteiger partial charge in [-0.25, -0.2) is 8.78 Å². The van der Waals surface area contributed by atoms with Gasteiger partial charge in [0.1, 0.15) is 11.6 Å². The van der Waals surface area contributed by atoms with Crippen LogP contribution in [0.3, 0.4) is 0 Å². The lowest BCUT2D eigenvalue weighted by Crippen LogP contribution is -2.38. The van der Waals surface area contributed by atoms with Crippen molar-refractivity contribution in [2.75, 3.05) is 0 Å². The van der Waals surface area contributed by atoms with Crippen molar-refractivity contribution in [2.24, 2.45) is 5.92 Å².